The Hall–Kier alpha value is -1.82. The molecule has 1 saturated carbocycles. The second-order valence-electron chi connectivity index (χ2n) is 9.85. The van der Waals surface area contributed by atoms with E-state index in [-0.39, 0.29) is 29.3 Å². The van der Waals surface area contributed by atoms with Crippen LogP contribution in [0, 0.1) is 11.2 Å². The van der Waals surface area contributed by atoms with Crippen molar-refractivity contribution in [3.05, 3.63) is 24.0 Å². The summed E-state index contributed by atoms with van der Waals surface area (Å²) in [4.78, 5) is 19.9. The molecule has 1 aliphatic carbocycles. The molecule has 3 heterocycles. The highest BCUT2D eigenvalue weighted by atomic mass is 19.1. The van der Waals surface area contributed by atoms with Gasteiger partial charge in [-0.3, -0.25) is 4.79 Å². The summed E-state index contributed by atoms with van der Waals surface area (Å²) in [5, 5.41) is 9.80. The Kier molecular flexibility index (Phi) is 5.38. The Labute approximate surface area is 178 Å². The van der Waals surface area contributed by atoms with Crippen LogP contribution in [0.15, 0.2) is 18.2 Å². The van der Waals surface area contributed by atoms with E-state index in [0.717, 1.165) is 76.8 Å². The summed E-state index contributed by atoms with van der Waals surface area (Å²) in [5.74, 6) is 0.0997. The van der Waals surface area contributed by atoms with Crippen LogP contribution in [-0.4, -0.2) is 60.8 Å². The summed E-state index contributed by atoms with van der Waals surface area (Å²) in [6, 6.07) is 5.91. The Morgan fingerprint density at radius 3 is 2.40 bits per heavy atom. The van der Waals surface area contributed by atoms with Gasteiger partial charge in [-0.2, -0.15) is 0 Å². The lowest BCUT2D eigenvalue weighted by Crippen LogP contribution is -2.50. The van der Waals surface area contributed by atoms with Crippen molar-refractivity contribution in [3.8, 4) is 0 Å². The lowest BCUT2D eigenvalue weighted by molar-refractivity contribution is -0.139. The number of likely N-dealkylation sites (tertiary alicyclic amines) is 1. The number of piperidine rings is 1. The van der Waals surface area contributed by atoms with E-state index in [1.165, 1.54) is 12.8 Å². The third kappa shape index (κ3) is 3.57. The van der Waals surface area contributed by atoms with Gasteiger partial charge < -0.3 is 19.8 Å². The van der Waals surface area contributed by atoms with Gasteiger partial charge in [-0.05, 0) is 76.0 Å². The zero-order valence-corrected chi connectivity index (χ0v) is 17.9. The van der Waals surface area contributed by atoms with Crippen LogP contribution in [0.1, 0.15) is 57.8 Å². The number of amides is 1. The first-order chi connectivity index (χ1) is 14.6. The van der Waals surface area contributed by atoms with Crippen LogP contribution in [0.3, 0.4) is 0 Å². The molecule has 30 heavy (non-hydrogen) atoms. The van der Waals surface area contributed by atoms with Gasteiger partial charge in [-0.25, -0.2) is 4.39 Å². The molecule has 0 radical (unpaired) electrons. The fourth-order valence-electron chi connectivity index (χ4n) is 6.21. The fraction of sp³-hybridized carbons (Fsp3) is 0.708. The van der Waals surface area contributed by atoms with E-state index in [4.69, 9.17) is 0 Å². The summed E-state index contributed by atoms with van der Waals surface area (Å²) in [6.07, 6.45) is 8.24. The lowest BCUT2D eigenvalue weighted by Gasteiger charge is -2.41. The van der Waals surface area contributed by atoms with Crippen LogP contribution in [0.25, 0.3) is 0 Å². The zero-order valence-electron chi connectivity index (χ0n) is 17.9. The number of rotatable bonds is 3. The predicted molar refractivity (Wildman–Crippen MR) is 116 cm³/mol. The van der Waals surface area contributed by atoms with Gasteiger partial charge >= 0.3 is 0 Å². The molecule has 1 amide bonds. The number of aliphatic hydroxyl groups is 1. The number of hydrogen-bond donors (Lipinski definition) is 1. The molecule has 164 valence electrons. The van der Waals surface area contributed by atoms with E-state index in [9.17, 15) is 9.90 Å². The lowest BCUT2D eigenvalue weighted by atomic mass is 9.78. The maximum Gasteiger partial charge on any atom is 0.230 e. The number of benzene rings is 1. The van der Waals surface area contributed by atoms with Crippen LogP contribution in [0.4, 0.5) is 15.8 Å². The van der Waals surface area contributed by atoms with Crippen molar-refractivity contribution in [2.45, 2.75) is 69.9 Å². The molecule has 4 aliphatic rings. The number of aliphatic hydroxyl groups excluding tert-OH is 1. The monoisotopic (exact) mass is 415 g/mol. The van der Waals surface area contributed by atoms with Crippen molar-refractivity contribution >= 4 is 17.3 Å². The third-order valence-electron chi connectivity index (χ3n) is 7.97. The molecule has 1 spiro atoms. The zero-order chi connectivity index (χ0) is 20.7. The SMILES string of the molecule is O=C1N([C@H]2CC[C@H](O)CC2)CC[C@@]12CCCN(c1ccc(N3CCCC3)cc1F)C2. The highest BCUT2D eigenvalue weighted by molar-refractivity contribution is 5.86. The van der Waals surface area contributed by atoms with Gasteiger partial charge in [0.2, 0.25) is 5.91 Å². The number of anilines is 2. The van der Waals surface area contributed by atoms with Crippen molar-refractivity contribution in [2.75, 3.05) is 42.5 Å². The van der Waals surface area contributed by atoms with Gasteiger partial charge in [0, 0.05) is 44.5 Å². The summed E-state index contributed by atoms with van der Waals surface area (Å²) in [6.45, 7) is 4.26. The average Bonchev–Trinajstić information content (AvgIpc) is 3.39. The first kappa shape index (κ1) is 20.1. The average molecular weight is 416 g/mol. The van der Waals surface area contributed by atoms with Crippen LogP contribution in [0.5, 0.6) is 0 Å². The van der Waals surface area contributed by atoms with Crippen LogP contribution >= 0.6 is 0 Å². The largest absolute Gasteiger partial charge is 0.393 e. The molecular formula is C24H34FN3O2. The van der Waals surface area contributed by atoms with Gasteiger partial charge in [0.25, 0.3) is 0 Å². The number of hydrogen-bond acceptors (Lipinski definition) is 4. The molecule has 1 aromatic carbocycles. The maximum atomic E-state index is 15.1. The fourth-order valence-corrected chi connectivity index (χ4v) is 6.21. The third-order valence-corrected chi connectivity index (χ3v) is 7.97. The van der Waals surface area contributed by atoms with Crippen molar-refractivity contribution < 1.29 is 14.3 Å². The predicted octanol–water partition coefficient (Wildman–Crippen LogP) is 3.55. The Balaban J connectivity index is 1.30. The molecule has 5 nitrogen and oxygen atoms in total. The van der Waals surface area contributed by atoms with Gasteiger partial charge in [-0.1, -0.05) is 0 Å². The van der Waals surface area contributed by atoms with Gasteiger partial charge in [-0.15, -0.1) is 0 Å². The van der Waals surface area contributed by atoms with Crippen molar-refractivity contribution in [1.29, 1.82) is 0 Å². The van der Waals surface area contributed by atoms with Crippen LogP contribution in [-0.2, 0) is 4.79 Å². The highest BCUT2D eigenvalue weighted by Gasteiger charge is 2.50. The smallest absolute Gasteiger partial charge is 0.230 e. The van der Waals surface area contributed by atoms with E-state index in [0.29, 0.717) is 12.2 Å². The van der Waals surface area contributed by atoms with Crippen LogP contribution in [0.2, 0.25) is 0 Å². The van der Waals surface area contributed by atoms with Gasteiger partial charge in [0.05, 0.1) is 17.2 Å². The normalized spacial score (nSPS) is 32.5. The van der Waals surface area contributed by atoms with E-state index >= 15 is 4.39 Å². The van der Waals surface area contributed by atoms with Crippen molar-refractivity contribution in [3.63, 3.8) is 0 Å². The molecule has 1 aromatic rings. The molecule has 0 unspecified atom stereocenters. The summed E-state index contributed by atoms with van der Waals surface area (Å²) >= 11 is 0. The number of nitrogens with zero attached hydrogens (tertiary/aromatic N) is 3. The topological polar surface area (TPSA) is 47.0 Å². The van der Waals surface area contributed by atoms with Crippen molar-refractivity contribution in [2.24, 2.45) is 5.41 Å². The van der Waals surface area contributed by atoms with Gasteiger partial charge in [0.1, 0.15) is 5.82 Å². The minimum absolute atomic E-state index is 0.167. The summed E-state index contributed by atoms with van der Waals surface area (Å²) in [7, 11) is 0. The Morgan fingerprint density at radius 1 is 0.933 bits per heavy atom. The molecule has 5 rings (SSSR count). The first-order valence-corrected chi connectivity index (χ1v) is 11.8. The van der Waals surface area contributed by atoms with E-state index in [1.54, 1.807) is 6.07 Å². The Bertz CT molecular complexity index is 789. The molecule has 0 bridgehead atoms. The molecule has 4 fully saturated rings. The minimum atomic E-state index is -0.367. The molecule has 6 heteroatoms. The molecule has 3 saturated heterocycles. The highest BCUT2D eigenvalue weighted by Crippen LogP contribution is 2.44. The molecule has 1 N–H and O–H groups in total. The Morgan fingerprint density at radius 2 is 1.67 bits per heavy atom. The number of carbonyl (C=O) groups excluding carboxylic acids is 1. The van der Waals surface area contributed by atoms with Gasteiger partial charge in [0.15, 0.2) is 0 Å². The second-order valence-corrected chi connectivity index (χ2v) is 9.85. The van der Waals surface area contributed by atoms with Crippen molar-refractivity contribution in [1.82, 2.24) is 4.90 Å². The van der Waals surface area contributed by atoms with E-state index in [1.807, 2.05) is 12.1 Å². The van der Waals surface area contributed by atoms with Crippen LogP contribution < -0.4 is 9.80 Å². The number of halogens is 1. The molecule has 0 aromatic heterocycles. The van der Waals surface area contributed by atoms with E-state index < -0.39 is 0 Å². The molecule has 3 aliphatic heterocycles. The second kappa shape index (κ2) is 8.03. The number of carbonyl (C=O) groups is 1. The standard InChI is InChI=1S/C24H34FN3O2/c25-21-16-19(26-12-1-2-13-26)6-9-22(21)27-14-3-10-24(17-27)11-15-28(23(24)30)18-4-7-20(29)8-5-18/h6,9,16,18,20,29H,1-5,7-8,10-15,17H2/t18-,20-,24-/m1/s1. The first-order valence-electron chi connectivity index (χ1n) is 11.8. The summed E-state index contributed by atoms with van der Waals surface area (Å²) < 4.78 is 15.1. The summed E-state index contributed by atoms with van der Waals surface area (Å²) in [5.41, 5.74) is 1.25. The molecule has 1 atom stereocenters. The van der Waals surface area contributed by atoms with E-state index in [2.05, 4.69) is 14.7 Å². The maximum absolute atomic E-state index is 15.1. The minimum Gasteiger partial charge on any atom is -0.393 e. The molecular weight excluding hydrogens is 381 g/mol. The quantitative estimate of drug-likeness (QED) is 0.820.